The van der Waals surface area contributed by atoms with E-state index in [1.54, 1.807) is 6.92 Å². The highest BCUT2D eigenvalue weighted by Crippen LogP contribution is 2.19. The summed E-state index contributed by atoms with van der Waals surface area (Å²) in [6.45, 7) is 5.25. The molecule has 1 aromatic carbocycles. The van der Waals surface area contributed by atoms with Crippen LogP contribution in [0.1, 0.15) is 18.4 Å². The van der Waals surface area contributed by atoms with Gasteiger partial charge in [-0.2, -0.15) is 0 Å². The number of nitrogens with zero attached hydrogens (tertiary/aromatic N) is 2. The molecule has 1 unspecified atom stereocenters. The first-order valence-corrected chi connectivity index (χ1v) is 7.22. The maximum absolute atomic E-state index is 12.0. The maximum Gasteiger partial charge on any atom is 0.314 e. The molecule has 1 atom stereocenters. The molecular formula is C16H22N2O3. The molecule has 114 valence electrons. The van der Waals surface area contributed by atoms with Crippen molar-refractivity contribution in [3.8, 4) is 0 Å². The standard InChI is InChI=1S/C16H22N2O3/c1-13(19)18-10-8-17(9-11-18)12-15(16(20)21-2)14-6-4-3-5-7-14/h3-7,15H,8-12H2,1-2H3. The molecule has 1 fully saturated rings. The minimum absolute atomic E-state index is 0.113. The summed E-state index contributed by atoms with van der Waals surface area (Å²) in [7, 11) is 1.42. The smallest absolute Gasteiger partial charge is 0.314 e. The summed E-state index contributed by atoms with van der Waals surface area (Å²) in [5, 5.41) is 0. The van der Waals surface area contributed by atoms with Gasteiger partial charge in [0.25, 0.3) is 0 Å². The molecule has 0 N–H and O–H groups in total. The van der Waals surface area contributed by atoms with E-state index in [2.05, 4.69) is 4.90 Å². The SMILES string of the molecule is COC(=O)C(CN1CCN(C(C)=O)CC1)c1ccccc1. The molecule has 1 aromatic rings. The minimum Gasteiger partial charge on any atom is -0.469 e. The largest absolute Gasteiger partial charge is 0.469 e. The van der Waals surface area contributed by atoms with Gasteiger partial charge >= 0.3 is 5.97 Å². The Bertz CT molecular complexity index is 482. The third kappa shape index (κ3) is 4.04. The van der Waals surface area contributed by atoms with Crippen LogP contribution >= 0.6 is 0 Å². The fraction of sp³-hybridized carbons (Fsp3) is 0.500. The van der Waals surface area contributed by atoms with E-state index in [4.69, 9.17) is 4.74 Å². The minimum atomic E-state index is -0.278. The van der Waals surface area contributed by atoms with Crippen molar-refractivity contribution in [1.29, 1.82) is 0 Å². The molecule has 0 aromatic heterocycles. The number of carbonyl (C=O) groups is 2. The highest BCUT2D eigenvalue weighted by Gasteiger charge is 2.26. The topological polar surface area (TPSA) is 49.9 Å². The summed E-state index contributed by atoms with van der Waals surface area (Å²) in [6, 6.07) is 9.70. The predicted octanol–water partition coefficient (Wildman–Crippen LogP) is 1.11. The van der Waals surface area contributed by atoms with Crippen LogP contribution in [0.4, 0.5) is 0 Å². The van der Waals surface area contributed by atoms with Crippen molar-refractivity contribution >= 4 is 11.9 Å². The van der Waals surface area contributed by atoms with Gasteiger partial charge in [0, 0.05) is 39.6 Å². The number of ether oxygens (including phenoxy) is 1. The molecule has 5 nitrogen and oxygen atoms in total. The summed E-state index contributed by atoms with van der Waals surface area (Å²) in [6.07, 6.45) is 0. The zero-order valence-corrected chi connectivity index (χ0v) is 12.6. The zero-order chi connectivity index (χ0) is 15.2. The second-order valence-corrected chi connectivity index (χ2v) is 5.29. The lowest BCUT2D eigenvalue weighted by Gasteiger charge is -2.35. The number of methoxy groups -OCH3 is 1. The Morgan fingerprint density at radius 3 is 2.29 bits per heavy atom. The summed E-state index contributed by atoms with van der Waals surface area (Å²) in [5.41, 5.74) is 0.971. The van der Waals surface area contributed by atoms with Crippen LogP contribution in [0.25, 0.3) is 0 Å². The van der Waals surface area contributed by atoms with Crippen LogP contribution in [-0.4, -0.2) is 61.5 Å². The van der Waals surface area contributed by atoms with Gasteiger partial charge in [-0.25, -0.2) is 0 Å². The first-order valence-electron chi connectivity index (χ1n) is 7.22. The molecule has 1 aliphatic rings. The van der Waals surface area contributed by atoms with Gasteiger partial charge in [0.15, 0.2) is 0 Å². The van der Waals surface area contributed by atoms with E-state index in [1.165, 1.54) is 7.11 Å². The number of hydrogen-bond donors (Lipinski definition) is 0. The van der Waals surface area contributed by atoms with E-state index in [9.17, 15) is 9.59 Å². The molecule has 21 heavy (non-hydrogen) atoms. The van der Waals surface area contributed by atoms with Gasteiger partial charge in [-0.05, 0) is 5.56 Å². The Labute approximate surface area is 125 Å². The molecule has 0 bridgehead atoms. The van der Waals surface area contributed by atoms with Crippen LogP contribution in [0.5, 0.6) is 0 Å². The first kappa shape index (κ1) is 15.5. The lowest BCUT2D eigenvalue weighted by Crippen LogP contribution is -2.49. The van der Waals surface area contributed by atoms with Crippen molar-refractivity contribution in [2.45, 2.75) is 12.8 Å². The Morgan fingerprint density at radius 2 is 1.76 bits per heavy atom. The zero-order valence-electron chi connectivity index (χ0n) is 12.6. The van der Waals surface area contributed by atoms with Gasteiger partial charge in [0.1, 0.15) is 0 Å². The quantitative estimate of drug-likeness (QED) is 0.779. The number of piperazine rings is 1. The molecule has 0 radical (unpaired) electrons. The number of rotatable bonds is 4. The van der Waals surface area contributed by atoms with Gasteiger partial charge in [-0.1, -0.05) is 30.3 Å². The van der Waals surface area contributed by atoms with Gasteiger partial charge in [-0.3, -0.25) is 14.5 Å². The van der Waals surface area contributed by atoms with Crippen LogP contribution in [-0.2, 0) is 14.3 Å². The lowest BCUT2D eigenvalue weighted by molar-refractivity contribution is -0.143. The number of carbonyl (C=O) groups excluding carboxylic acids is 2. The monoisotopic (exact) mass is 290 g/mol. The number of amides is 1. The summed E-state index contributed by atoms with van der Waals surface area (Å²) in [4.78, 5) is 27.4. The van der Waals surface area contributed by atoms with E-state index in [0.29, 0.717) is 6.54 Å². The molecule has 1 heterocycles. The summed E-state index contributed by atoms with van der Waals surface area (Å²) < 4.78 is 4.94. The number of esters is 1. The molecular weight excluding hydrogens is 268 g/mol. The van der Waals surface area contributed by atoms with Crippen LogP contribution in [0.15, 0.2) is 30.3 Å². The average Bonchev–Trinajstić information content (AvgIpc) is 2.53. The van der Waals surface area contributed by atoms with Crippen LogP contribution < -0.4 is 0 Å². The Balaban J connectivity index is 2.00. The van der Waals surface area contributed by atoms with Crippen LogP contribution in [0.2, 0.25) is 0 Å². The molecule has 0 saturated carbocycles. The van der Waals surface area contributed by atoms with E-state index >= 15 is 0 Å². The summed E-state index contributed by atoms with van der Waals surface area (Å²) >= 11 is 0. The second kappa shape index (κ2) is 7.22. The first-order chi connectivity index (χ1) is 10.1. The van der Waals surface area contributed by atoms with E-state index < -0.39 is 0 Å². The second-order valence-electron chi connectivity index (χ2n) is 5.29. The average molecular weight is 290 g/mol. The van der Waals surface area contributed by atoms with Gasteiger partial charge in [0.2, 0.25) is 5.91 Å². The Morgan fingerprint density at radius 1 is 1.14 bits per heavy atom. The van der Waals surface area contributed by atoms with Crippen molar-refractivity contribution in [1.82, 2.24) is 9.80 Å². The van der Waals surface area contributed by atoms with Crippen LogP contribution in [0, 0.1) is 0 Å². The molecule has 2 rings (SSSR count). The third-order valence-corrected chi connectivity index (χ3v) is 3.95. The molecule has 1 amide bonds. The van der Waals surface area contributed by atoms with Crippen molar-refractivity contribution in [2.75, 3.05) is 39.8 Å². The highest BCUT2D eigenvalue weighted by molar-refractivity contribution is 5.78. The van der Waals surface area contributed by atoms with Crippen molar-refractivity contribution in [2.24, 2.45) is 0 Å². The highest BCUT2D eigenvalue weighted by atomic mass is 16.5. The molecule has 1 aliphatic heterocycles. The predicted molar refractivity (Wildman–Crippen MR) is 79.9 cm³/mol. The number of benzene rings is 1. The molecule has 0 aliphatic carbocycles. The van der Waals surface area contributed by atoms with Crippen molar-refractivity contribution < 1.29 is 14.3 Å². The van der Waals surface area contributed by atoms with Crippen molar-refractivity contribution in [3.63, 3.8) is 0 Å². The normalized spacial score (nSPS) is 17.3. The van der Waals surface area contributed by atoms with E-state index in [1.807, 2.05) is 35.2 Å². The fourth-order valence-electron chi connectivity index (χ4n) is 2.65. The Kier molecular flexibility index (Phi) is 5.33. The fourth-order valence-corrected chi connectivity index (χ4v) is 2.65. The molecule has 1 saturated heterocycles. The van der Waals surface area contributed by atoms with Gasteiger partial charge in [0.05, 0.1) is 13.0 Å². The van der Waals surface area contributed by atoms with Crippen molar-refractivity contribution in [3.05, 3.63) is 35.9 Å². The molecule has 0 spiro atoms. The lowest BCUT2D eigenvalue weighted by atomic mass is 9.98. The third-order valence-electron chi connectivity index (χ3n) is 3.95. The van der Waals surface area contributed by atoms with E-state index in [-0.39, 0.29) is 17.8 Å². The maximum atomic E-state index is 12.0. The van der Waals surface area contributed by atoms with Crippen LogP contribution in [0.3, 0.4) is 0 Å². The Hall–Kier alpha value is -1.88. The number of hydrogen-bond acceptors (Lipinski definition) is 4. The molecule has 5 heteroatoms. The van der Waals surface area contributed by atoms with Gasteiger partial charge in [-0.15, -0.1) is 0 Å². The summed E-state index contributed by atoms with van der Waals surface area (Å²) in [5.74, 6) is -0.377. The van der Waals surface area contributed by atoms with E-state index in [0.717, 1.165) is 31.7 Å². The van der Waals surface area contributed by atoms with Gasteiger partial charge < -0.3 is 9.64 Å².